The molecule has 0 saturated heterocycles. The Morgan fingerprint density at radius 2 is 1.57 bits per heavy atom. The highest BCUT2D eigenvalue weighted by atomic mass is 127. The number of halogens is 3. The molecule has 0 atom stereocenters. The molecule has 0 spiro atoms. The van der Waals surface area contributed by atoms with Gasteiger partial charge in [0.25, 0.3) is 0 Å². The molecule has 0 radical (unpaired) electrons. The average Bonchev–Trinajstić information content (AvgIpc) is 2.35. The van der Waals surface area contributed by atoms with Crippen molar-refractivity contribution in [1.29, 1.82) is 0 Å². The van der Waals surface area contributed by atoms with Crippen LogP contribution >= 0.6 is 24.0 Å². The zero-order chi connectivity index (χ0) is 16.1. The zero-order valence-corrected chi connectivity index (χ0v) is 15.4. The molecule has 124 valence electrons. The average molecular weight is 431 g/mol. The number of aliphatic imine (C=N–C) groups is 1. The summed E-state index contributed by atoms with van der Waals surface area (Å²) in [6, 6.07) is 9.45. The van der Waals surface area contributed by atoms with Gasteiger partial charge >= 0.3 is 0 Å². The Labute approximate surface area is 152 Å². The van der Waals surface area contributed by atoms with Crippen molar-refractivity contribution < 1.29 is 8.78 Å². The number of aryl methyl sites for hydroxylation is 2. The summed E-state index contributed by atoms with van der Waals surface area (Å²) >= 11 is 0. The molecule has 0 aliphatic heterocycles. The van der Waals surface area contributed by atoms with Crippen LogP contribution in [-0.2, 0) is 6.42 Å². The van der Waals surface area contributed by atoms with Gasteiger partial charge in [0.15, 0.2) is 5.96 Å². The van der Waals surface area contributed by atoms with E-state index in [-0.39, 0.29) is 29.9 Å². The maximum Gasteiger partial charge on any atom is 0.193 e. The van der Waals surface area contributed by atoms with Crippen molar-refractivity contribution in [3.8, 4) is 0 Å². The number of guanidine groups is 1. The van der Waals surface area contributed by atoms with Gasteiger partial charge < -0.3 is 11.1 Å². The minimum Gasteiger partial charge on any atom is -0.370 e. The smallest absolute Gasteiger partial charge is 0.193 e. The third-order valence-corrected chi connectivity index (χ3v) is 3.10. The van der Waals surface area contributed by atoms with Gasteiger partial charge in [-0.05, 0) is 61.2 Å². The number of anilines is 1. The van der Waals surface area contributed by atoms with Crippen molar-refractivity contribution in [2.24, 2.45) is 10.7 Å². The molecular weight excluding hydrogens is 411 g/mol. The fraction of sp³-hybridized carbons (Fsp3) is 0.235. The SMILES string of the molecule is Cc1cc(C)cc(NC(N)=NCCc2cc(F)cc(F)c2)c1.I. The minimum atomic E-state index is -0.583. The van der Waals surface area contributed by atoms with E-state index in [0.717, 1.165) is 22.9 Å². The van der Waals surface area contributed by atoms with E-state index in [2.05, 4.69) is 16.4 Å². The highest BCUT2D eigenvalue weighted by Crippen LogP contribution is 2.13. The topological polar surface area (TPSA) is 50.4 Å². The van der Waals surface area contributed by atoms with Gasteiger partial charge in [-0.2, -0.15) is 0 Å². The lowest BCUT2D eigenvalue weighted by atomic mass is 10.1. The second-order valence-corrected chi connectivity index (χ2v) is 5.30. The molecular formula is C17H20F2IN3. The van der Waals surface area contributed by atoms with E-state index in [9.17, 15) is 8.78 Å². The van der Waals surface area contributed by atoms with E-state index in [0.29, 0.717) is 18.5 Å². The Balaban J connectivity index is 0.00000264. The normalized spacial score (nSPS) is 11.0. The largest absolute Gasteiger partial charge is 0.370 e. The molecule has 2 aromatic rings. The summed E-state index contributed by atoms with van der Waals surface area (Å²) < 4.78 is 26.1. The van der Waals surface area contributed by atoms with Gasteiger partial charge in [0.2, 0.25) is 0 Å². The first kappa shape index (κ1) is 19.3. The van der Waals surface area contributed by atoms with Crippen molar-refractivity contribution in [3.63, 3.8) is 0 Å². The molecule has 0 fully saturated rings. The maximum atomic E-state index is 13.1. The summed E-state index contributed by atoms with van der Waals surface area (Å²) in [6.45, 7) is 4.36. The summed E-state index contributed by atoms with van der Waals surface area (Å²) in [5.41, 5.74) is 9.51. The van der Waals surface area contributed by atoms with Gasteiger partial charge in [0, 0.05) is 18.3 Å². The summed E-state index contributed by atoms with van der Waals surface area (Å²) in [4.78, 5) is 4.17. The lowest BCUT2D eigenvalue weighted by molar-refractivity contribution is 0.579. The van der Waals surface area contributed by atoms with Crippen LogP contribution < -0.4 is 11.1 Å². The molecule has 3 nitrogen and oxygen atoms in total. The number of nitrogens with two attached hydrogens (primary N) is 1. The van der Waals surface area contributed by atoms with E-state index in [1.807, 2.05) is 26.0 Å². The second-order valence-electron chi connectivity index (χ2n) is 5.30. The quantitative estimate of drug-likeness (QED) is 0.434. The summed E-state index contributed by atoms with van der Waals surface area (Å²) in [5, 5.41) is 3.01. The van der Waals surface area contributed by atoms with Crippen LogP contribution in [0.5, 0.6) is 0 Å². The first-order chi connectivity index (χ1) is 10.4. The molecule has 0 aliphatic carbocycles. The van der Waals surface area contributed by atoms with Crippen molar-refractivity contribution >= 4 is 35.6 Å². The predicted molar refractivity (Wildman–Crippen MR) is 102 cm³/mol. The molecule has 6 heteroatoms. The molecule has 0 bridgehead atoms. The summed E-state index contributed by atoms with van der Waals surface area (Å²) in [6.07, 6.45) is 0.421. The molecule has 0 unspecified atom stereocenters. The molecule has 23 heavy (non-hydrogen) atoms. The standard InChI is InChI=1S/C17H19F2N3.HI/c1-11-5-12(2)7-16(6-11)22-17(20)21-4-3-13-8-14(18)10-15(19)9-13;/h5-10H,3-4H2,1-2H3,(H3,20,21,22);1H. The fourth-order valence-electron chi connectivity index (χ4n) is 2.29. The summed E-state index contributed by atoms with van der Waals surface area (Å²) in [7, 11) is 0. The molecule has 3 N–H and O–H groups in total. The number of nitrogens with one attached hydrogen (secondary N) is 1. The van der Waals surface area contributed by atoms with Crippen LogP contribution in [0.15, 0.2) is 41.4 Å². The Hall–Kier alpha value is -1.70. The number of rotatable bonds is 4. The minimum absolute atomic E-state index is 0. The number of benzene rings is 2. The molecule has 0 aliphatic rings. The van der Waals surface area contributed by atoms with E-state index in [1.54, 1.807) is 0 Å². The van der Waals surface area contributed by atoms with Crippen molar-refractivity contribution in [3.05, 3.63) is 64.7 Å². The van der Waals surface area contributed by atoms with Gasteiger partial charge in [0.1, 0.15) is 11.6 Å². The van der Waals surface area contributed by atoms with Gasteiger partial charge in [-0.1, -0.05) is 6.07 Å². The van der Waals surface area contributed by atoms with Gasteiger partial charge in [-0.3, -0.25) is 4.99 Å². The second kappa shape index (κ2) is 8.81. The van der Waals surface area contributed by atoms with Gasteiger partial charge in [-0.15, -0.1) is 24.0 Å². The Kier molecular flexibility index (Phi) is 7.41. The van der Waals surface area contributed by atoms with Crippen molar-refractivity contribution in [2.75, 3.05) is 11.9 Å². The number of nitrogens with zero attached hydrogens (tertiary/aromatic N) is 1. The highest BCUT2D eigenvalue weighted by Gasteiger charge is 2.01. The molecule has 0 amide bonds. The lowest BCUT2D eigenvalue weighted by Crippen LogP contribution is -2.23. The van der Waals surface area contributed by atoms with E-state index in [4.69, 9.17) is 5.73 Å². The van der Waals surface area contributed by atoms with Crippen LogP contribution in [0.1, 0.15) is 16.7 Å². The Morgan fingerprint density at radius 3 is 2.13 bits per heavy atom. The van der Waals surface area contributed by atoms with Crippen LogP contribution in [0.3, 0.4) is 0 Å². The monoisotopic (exact) mass is 431 g/mol. The summed E-state index contributed by atoms with van der Waals surface area (Å²) in [5.74, 6) is -0.887. The molecule has 0 saturated carbocycles. The number of hydrogen-bond donors (Lipinski definition) is 2. The van der Waals surface area contributed by atoms with E-state index in [1.165, 1.54) is 12.1 Å². The van der Waals surface area contributed by atoms with Crippen LogP contribution in [0.4, 0.5) is 14.5 Å². The van der Waals surface area contributed by atoms with Crippen LogP contribution in [0.2, 0.25) is 0 Å². The number of hydrogen-bond acceptors (Lipinski definition) is 1. The third-order valence-electron chi connectivity index (χ3n) is 3.10. The Morgan fingerprint density at radius 1 is 1.00 bits per heavy atom. The van der Waals surface area contributed by atoms with Crippen molar-refractivity contribution in [1.82, 2.24) is 0 Å². The maximum absolute atomic E-state index is 13.1. The van der Waals surface area contributed by atoms with Crippen LogP contribution in [0, 0.1) is 25.5 Å². The van der Waals surface area contributed by atoms with Crippen LogP contribution in [-0.4, -0.2) is 12.5 Å². The highest BCUT2D eigenvalue weighted by molar-refractivity contribution is 14.0. The van der Waals surface area contributed by atoms with Crippen LogP contribution in [0.25, 0.3) is 0 Å². The first-order valence-corrected chi connectivity index (χ1v) is 7.02. The predicted octanol–water partition coefficient (Wildman–Crippen LogP) is 4.17. The molecule has 2 aromatic carbocycles. The lowest BCUT2D eigenvalue weighted by Gasteiger charge is -2.08. The molecule has 0 heterocycles. The van der Waals surface area contributed by atoms with Gasteiger partial charge in [0.05, 0.1) is 0 Å². The van der Waals surface area contributed by atoms with E-state index < -0.39 is 11.6 Å². The van der Waals surface area contributed by atoms with E-state index >= 15 is 0 Å². The molecule has 2 rings (SSSR count). The molecule has 0 aromatic heterocycles. The zero-order valence-electron chi connectivity index (χ0n) is 13.1. The van der Waals surface area contributed by atoms with Gasteiger partial charge in [-0.25, -0.2) is 8.78 Å². The first-order valence-electron chi connectivity index (χ1n) is 7.02. The third kappa shape index (κ3) is 6.52. The van der Waals surface area contributed by atoms with Crippen molar-refractivity contribution in [2.45, 2.75) is 20.3 Å². The Bertz CT molecular complexity index is 662. The fourth-order valence-corrected chi connectivity index (χ4v) is 2.29.